The van der Waals surface area contributed by atoms with E-state index in [-0.39, 0.29) is 28.8 Å². The molecule has 0 fully saturated rings. The Morgan fingerprint density at radius 1 is 1.44 bits per heavy atom. The third kappa shape index (κ3) is 4.20. The van der Waals surface area contributed by atoms with Crippen LogP contribution in [0.15, 0.2) is 12.1 Å². The molecule has 0 atom stereocenters. The maximum Gasteiger partial charge on any atom is 0.257 e. The van der Waals surface area contributed by atoms with Gasteiger partial charge in [0.2, 0.25) is 0 Å². The molecule has 0 heterocycles. The van der Waals surface area contributed by atoms with Crippen molar-refractivity contribution in [2.45, 2.75) is 13.3 Å². The third-order valence-corrected chi connectivity index (χ3v) is 2.58. The molecule has 1 amide bonds. The molecule has 18 heavy (non-hydrogen) atoms. The first-order chi connectivity index (χ1) is 8.58. The lowest BCUT2D eigenvalue weighted by atomic mass is 10.2. The molecule has 0 unspecified atom stereocenters. The Morgan fingerprint density at radius 2 is 2.17 bits per heavy atom. The summed E-state index contributed by atoms with van der Waals surface area (Å²) in [5, 5.41) is 3.19. The second-order valence-corrected chi connectivity index (χ2v) is 4.41. The number of rotatable bonds is 6. The lowest BCUT2D eigenvalue weighted by Gasteiger charge is -2.10. The van der Waals surface area contributed by atoms with Crippen LogP contribution in [0.5, 0.6) is 5.75 Å². The van der Waals surface area contributed by atoms with Crippen molar-refractivity contribution in [2.75, 3.05) is 13.2 Å². The largest absolute Gasteiger partial charge is 0.481 e. The highest BCUT2D eigenvalue weighted by Crippen LogP contribution is 2.31. The molecule has 0 aliphatic rings. The van der Waals surface area contributed by atoms with Crippen molar-refractivity contribution in [1.82, 2.24) is 5.32 Å². The highest BCUT2D eigenvalue weighted by atomic mass is 35.5. The van der Waals surface area contributed by atoms with Crippen LogP contribution in [-0.4, -0.2) is 25.3 Å². The number of carbonyl (C=O) groups excluding carboxylic acids is 2. The van der Waals surface area contributed by atoms with Crippen LogP contribution in [0.1, 0.15) is 23.7 Å². The number of amides is 1. The van der Waals surface area contributed by atoms with Crippen LogP contribution >= 0.6 is 23.2 Å². The van der Waals surface area contributed by atoms with Gasteiger partial charge < -0.3 is 10.1 Å². The molecule has 4 nitrogen and oxygen atoms in total. The number of hydrogen-bond acceptors (Lipinski definition) is 3. The summed E-state index contributed by atoms with van der Waals surface area (Å²) in [5.41, 5.74) is 0.218. The molecule has 1 N–H and O–H groups in total. The van der Waals surface area contributed by atoms with Crippen molar-refractivity contribution >= 4 is 35.4 Å². The molecule has 0 aliphatic heterocycles. The monoisotopic (exact) mass is 289 g/mol. The van der Waals surface area contributed by atoms with Gasteiger partial charge in [0.05, 0.1) is 10.6 Å². The van der Waals surface area contributed by atoms with E-state index in [9.17, 15) is 9.59 Å². The summed E-state index contributed by atoms with van der Waals surface area (Å²) in [6.45, 7) is 2.33. The highest BCUT2D eigenvalue weighted by Gasteiger charge is 2.12. The topological polar surface area (TPSA) is 55.4 Å². The number of nitrogens with one attached hydrogen (secondary N) is 1. The fourth-order valence-corrected chi connectivity index (χ4v) is 1.84. The van der Waals surface area contributed by atoms with Gasteiger partial charge >= 0.3 is 0 Å². The third-order valence-electron chi connectivity index (χ3n) is 2.08. The zero-order valence-corrected chi connectivity index (χ0v) is 11.3. The molecule has 98 valence electrons. The average Bonchev–Trinajstić information content (AvgIpc) is 2.34. The fraction of sp³-hybridized carbons (Fsp3) is 0.333. The number of hydrogen-bond donors (Lipinski definition) is 1. The molecule has 1 aromatic rings. The molecular weight excluding hydrogens is 277 g/mol. The smallest absolute Gasteiger partial charge is 0.257 e. The van der Waals surface area contributed by atoms with Gasteiger partial charge in [-0.1, -0.05) is 30.1 Å². The Hall–Kier alpha value is -1.26. The summed E-state index contributed by atoms with van der Waals surface area (Å²) < 4.78 is 5.24. The quantitative estimate of drug-likeness (QED) is 0.819. The van der Waals surface area contributed by atoms with Gasteiger partial charge in [0, 0.05) is 11.6 Å². The predicted octanol–water partition coefficient (Wildman–Crippen LogP) is 2.71. The van der Waals surface area contributed by atoms with E-state index in [4.69, 9.17) is 27.9 Å². The molecule has 0 aromatic heterocycles. The summed E-state index contributed by atoms with van der Waals surface area (Å²) >= 11 is 11.7. The normalized spacial score (nSPS) is 9.94. The maximum absolute atomic E-state index is 11.4. The van der Waals surface area contributed by atoms with Crippen molar-refractivity contribution in [1.29, 1.82) is 0 Å². The molecular formula is C12H13Cl2NO3. The number of aldehydes is 1. The summed E-state index contributed by atoms with van der Waals surface area (Å²) in [6.07, 6.45) is 1.42. The van der Waals surface area contributed by atoms with Crippen molar-refractivity contribution in [3.63, 3.8) is 0 Å². The van der Waals surface area contributed by atoms with Crippen LogP contribution in [-0.2, 0) is 4.79 Å². The maximum atomic E-state index is 11.4. The molecule has 0 radical (unpaired) electrons. The second-order valence-electron chi connectivity index (χ2n) is 3.56. The van der Waals surface area contributed by atoms with E-state index in [0.717, 1.165) is 6.42 Å². The van der Waals surface area contributed by atoms with Gasteiger partial charge in [-0.25, -0.2) is 0 Å². The van der Waals surface area contributed by atoms with Crippen LogP contribution in [0.25, 0.3) is 0 Å². The standard InChI is InChI=1S/C12H13Cl2NO3/c1-2-3-15-11(17)7-18-12-8(6-16)4-9(13)5-10(12)14/h4-6H,2-3,7H2,1H3,(H,15,17). The van der Waals surface area contributed by atoms with Gasteiger partial charge in [-0.3, -0.25) is 9.59 Å². The Morgan fingerprint density at radius 3 is 2.78 bits per heavy atom. The lowest BCUT2D eigenvalue weighted by Crippen LogP contribution is -2.29. The minimum Gasteiger partial charge on any atom is -0.481 e. The van der Waals surface area contributed by atoms with E-state index in [1.165, 1.54) is 12.1 Å². The van der Waals surface area contributed by atoms with Crippen molar-refractivity contribution < 1.29 is 14.3 Å². The van der Waals surface area contributed by atoms with E-state index in [1.807, 2.05) is 6.92 Å². The number of halogens is 2. The molecule has 0 saturated carbocycles. The number of carbonyl (C=O) groups is 2. The summed E-state index contributed by atoms with van der Waals surface area (Å²) in [5.74, 6) is -0.0950. The van der Waals surface area contributed by atoms with E-state index < -0.39 is 0 Å². The van der Waals surface area contributed by atoms with E-state index in [1.54, 1.807) is 0 Å². The van der Waals surface area contributed by atoms with Crippen LogP contribution in [0, 0.1) is 0 Å². The van der Waals surface area contributed by atoms with Gasteiger partial charge in [-0.05, 0) is 18.6 Å². The lowest BCUT2D eigenvalue weighted by molar-refractivity contribution is -0.123. The zero-order chi connectivity index (χ0) is 13.5. The first-order valence-corrected chi connectivity index (χ1v) is 6.17. The van der Waals surface area contributed by atoms with Crippen molar-refractivity contribution in [2.24, 2.45) is 0 Å². The summed E-state index contributed by atoms with van der Waals surface area (Å²) in [7, 11) is 0. The molecule has 0 spiro atoms. The summed E-state index contributed by atoms with van der Waals surface area (Å²) in [4.78, 5) is 22.2. The highest BCUT2D eigenvalue weighted by molar-refractivity contribution is 6.36. The minimum atomic E-state index is -0.264. The van der Waals surface area contributed by atoms with Crippen LogP contribution in [0.4, 0.5) is 0 Å². The molecule has 0 aliphatic carbocycles. The zero-order valence-electron chi connectivity index (χ0n) is 9.83. The van der Waals surface area contributed by atoms with E-state index in [2.05, 4.69) is 5.32 Å². The average molecular weight is 290 g/mol. The molecule has 1 aromatic carbocycles. The van der Waals surface area contributed by atoms with Gasteiger partial charge in [0.25, 0.3) is 5.91 Å². The molecule has 6 heteroatoms. The number of ether oxygens (including phenoxy) is 1. The van der Waals surface area contributed by atoms with Crippen molar-refractivity contribution in [3.05, 3.63) is 27.7 Å². The van der Waals surface area contributed by atoms with Crippen LogP contribution in [0.3, 0.4) is 0 Å². The van der Waals surface area contributed by atoms with Crippen LogP contribution in [0.2, 0.25) is 10.0 Å². The van der Waals surface area contributed by atoms with Gasteiger partial charge in [-0.2, -0.15) is 0 Å². The fourth-order valence-electron chi connectivity index (χ4n) is 1.27. The Labute approximate surface area is 115 Å². The van der Waals surface area contributed by atoms with Crippen LogP contribution < -0.4 is 10.1 Å². The van der Waals surface area contributed by atoms with Gasteiger partial charge in [0.1, 0.15) is 5.75 Å². The first kappa shape index (κ1) is 14.8. The predicted molar refractivity (Wildman–Crippen MR) is 70.6 cm³/mol. The Balaban J connectivity index is 2.72. The SMILES string of the molecule is CCCNC(=O)COc1c(Cl)cc(Cl)cc1C=O. The minimum absolute atomic E-state index is 0.169. The van der Waals surface area contributed by atoms with E-state index >= 15 is 0 Å². The first-order valence-electron chi connectivity index (χ1n) is 5.42. The van der Waals surface area contributed by atoms with E-state index in [0.29, 0.717) is 17.9 Å². The summed E-state index contributed by atoms with van der Waals surface area (Å²) in [6, 6.07) is 2.88. The Bertz CT molecular complexity index is 449. The second kappa shape index (κ2) is 7.24. The Kier molecular flexibility index (Phi) is 5.95. The molecule has 1 rings (SSSR count). The molecule has 0 bridgehead atoms. The number of benzene rings is 1. The van der Waals surface area contributed by atoms with Gasteiger partial charge in [-0.15, -0.1) is 0 Å². The van der Waals surface area contributed by atoms with Gasteiger partial charge in [0.15, 0.2) is 12.9 Å². The molecule has 0 saturated heterocycles. The van der Waals surface area contributed by atoms with Crippen molar-refractivity contribution in [3.8, 4) is 5.75 Å².